The summed E-state index contributed by atoms with van der Waals surface area (Å²) >= 11 is 5.86. The van der Waals surface area contributed by atoms with E-state index in [4.69, 9.17) is 11.6 Å². The normalized spacial score (nSPS) is 19.1. The zero-order valence-corrected chi connectivity index (χ0v) is 9.87. The summed E-state index contributed by atoms with van der Waals surface area (Å²) < 4.78 is 0. The average molecular weight is 247 g/mol. The number of aromatic amines is 1. The Morgan fingerprint density at radius 2 is 2.00 bits per heavy atom. The molecule has 4 heteroatoms. The van der Waals surface area contributed by atoms with Crippen molar-refractivity contribution in [3.63, 3.8) is 0 Å². The number of carbonyl (C=O) groups is 1. The molecule has 0 bridgehead atoms. The fourth-order valence-corrected chi connectivity index (χ4v) is 2.46. The Bertz CT molecular complexity index is 559. The van der Waals surface area contributed by atoms with Crippen molar-refractivity contribution in [2.24, 2.45) is 0 Å². The minimum Gasteiger partial charge on any atom is -0.294 e. The molecule has 0 radical (unpaired) electrons. The van der Waals surface area contributed by atoms with Gasteiger partial charge in [0.1, 0.15) is 0 Å². The summed E-state index contributed by atoms with van der Waals surface area (Å²) in [6.07, 6.45) is 3.01. The Hall–Kier alpha value is -1.61. The molecular weight excluding hydrogens is 236 g/mol. The molecule has 17 heavy (non-hydrogen) atoms. The van der Waals surface area contributed by atoms with Crippen molar-refractivity contribution in [3.05, 3.63) is 52.3 Å². The van der Waals surface area contributed by atoms with Gasteiger partial charge in [-0.3, -0.25) is 9.89 Å². The van der Waals surface area contributed by atoms with Gasteiger partial charge in [-0.1, -0.05) is 23.7 Å². The zero-order chi connectivity index (χ0) is 11.8. The Balaban J connectivity index is 1.93. The fourth-order valence-electron chi connectivity index (χ4n) is 2.33. The van der Waals surface area contributed by atoms with Gasteiger partial charge in [-0.2, -0.15) is 5.10 Å². The molecule has 1 unspecified atom stereocenters. The summed E-state index contributed by atoms with van der Waals surface area (Å²) in [6.45, 7) is 0. The highest BCUT2D eigenvalue weighted by Gasteiger charge is 2.27. The van der Waals surface area contributed by atoms with Crippen LogP contribution in [-0.4, -0.2) is 16.0 Å². The number of nitrogens with one attached hydrogen (secondary N) is 1. The Morgan fingerprint density at radius 3 is 2.76 bits per heavy atom. The number of H-pyrrole nitrogens is 1. The second kappa shape index (κ2) is 4.00. The van der Waals surface area contributed by atoms with Crippen LogP contribution in [0.5, 0.6) is 0 Å². The van der Waals surface area contributed by atoms with E-state index in [1.165, 1.54) is 0 Å². The summed E-state index contributed by atoms with van der Waals surface area (Å²) in [5, 5.41) is 7.55. The monoisotopic (exact) mass is 246 g/mol. The number of rotatable bonds is 1. The highest BCUT2D eigenvalue weighted by Crippen LogP contribution is 2.31. The molecule has 1 atom stereocenters. The number of fused-ring (bicyclic) bond motifs is 1. The van der Waals surface area contributed by atoms with Crippen molar-refractivity contribution in [1.29, 1.82) is 0 Å². The predicted octanol–water partition coefficient (Wildman–Crippen LogP) is 2.98. The minimum atomic E-state index is 0.167. The molecule has 3 rings (SSSR count). The number of aromatic nitrogens is 2. The number of Topliss-reactive ketones (excluding diaryl/α,β-unsaturated/α-hetero) is 1. The smallest absolute Gasteiger partial charge is 0.166 e. The topological polar surface area (TPSA) is 45.8 Å². The molecule has 0 fully saturated rings. The van der Waals surface area contributed by atoms with E-state index in [9.17, 15) is 4.79 Å². The summed E-state index contributed by atoms with van der Waals surface area (Å²) in [4.78, 5) is 11.9. The van der Waals surface area contributed by atoms with Gasteiger partial charge in [0.15, 0.2) is 5.78 Å². The number of hydrogen-bond acceptors (Lipinski definition) is 2. The van der Waals surface area contributed by atoms with Crippen LogP contribution in [0.1, 0.15) is 34.0 Å². The maximum Gasteiger partial charge on any atom is 0.166 e. The van der Waals surface area contributed by atoms with E-state index in [1.807, 2.05) is 24.3 Å². The van der Waals surface area contributed by atoms with E-state index in [2.05, 4.69) is 10.2 Å². The molecular formula is C13H11ClN2O. The Kier molecular flexibility index (Phi) is 2.48. The van der Waals surface area contributed by atoms with E-state index in [-0.39, 0.29) is 11.7 Å². The Labute approximate surface area is 104 Å². The quantitative estimate of drug-likeness (QED) is 0.841. The number of halogens is 1. The van der Waals surface area contributed by atoms with Crippen LogP contribution in [0.3, 0.4) is 0 Å². The lowest BCUT2D eigenvalue weighted by Gasteiger charge is -2.21. The lowest BCUT2D eigenvalue weighted by Crippen LogP contribution is -2.17. The van der Waals surface area contributed by atoms with Crippen molar-refractivity contribution in [2.45, 2.75) is 18.8 Å². The van der Waals surface area contributed by atoms with Gasteiger partial charge >= 0.3 is 0 Å². The average Bonchev–Trinajstić information content (AvgIpc) is 2.78. The molecule has 0 spiro atoms. The van der Waals surface area contributed by atoms with Crippen LogP contribution in [0.25, 0.3) is 0 Å². The largest absolute Gasteiger partial charge is 0.294 e. The van der Waals surface area contributed by atoms with Gasteiger partial charge < -0.3 is 0 Å². The summed E-state index contributed by atoms with van der Waals surface area (Å²) in [5.74, 6) is 0.396. The molecule has 0 saturated heterocycles. The van der Waals surface area contributed by atoms with E-state index < -0.39 is 0 Å². The number of carbonyl (C=O) groups excluding carboxylic acids is 1. The third-order valence-corrected chi connectivity index (χ3v) is 3.49. The first-order valence-electron chi connectivity index (χ1n) is 5.55. The zero-order valence-electron chi connectivity index (χ0n) is 9.11. The minimum absolute atomic E-state index is 0.167. The third-order valence-electron chi connectivity index (χ3n) is 3.24. The van der Waals surface area contributed by atoms with Crippen LogP contribution in [0.4, 0.5) is 0 Å². The van der Waals surface area contributed by atoms with Crippen LogP contribution in [0, 0.1) is 0 Å². The van der Waals surface area contributed by atoms with E-state index >= 15 is 0 Å². The molecule has 1 aliphatic carbocycles. The van der Waals surface area contributed by atoms with Gasteiger partial charge in [0, 0.05) is 17.1 Å². The molecule has 0 amide bonds. The second-order valence-corrected chi connectivity index (χ2v) is 4.78. The molecule has 1 aromatic heterocycles. The van der Waals surface area contributed by atoms with Crippen LogP contribution >= 0.6 is 11.6 Å². The number of hydrogen-bond donors (Lipinski definition) is 1. The highest BCUT2D eigenvalue weighted by atomic mass is 35.5. The first-order valence-corrected chi connectivity index (χ1v) is 5.93. The number of ketones is 1. The summed E-state index contributed by atoms with van der Waals surface area (Å²) in [5.41, 5.74) is 2.85. The van der Waals surface area contributed by atoms with Gasteiger partial charge in [0.25, 0.3) is 0 Å². The number of nitrogens with zero attached hydrogens (tertiary/aromatic N) is 1. The van der Waals surface area contributed by atoms with Crippen molar-refractivity contribution in [3.8, 4) is 0 Å². The lowest BCUT2D eigenvalue weighted by atomic mass is 9.83. The second-order valence-electron chi connectivity index (χ2n) is 4.34. The van der Waals surface area contributed by atoms with Crippen molar-refractivity contribution < 1.29 is 4.79 Å². The first kappa shape index (κ1) is 10.5. The summed E-state index contributed by atoms with van der Waals surface area (Å²) in [7, 11) is 0. The fraction of sp³-hybridized carbons (Fsp3) is 0.231. The van der Waals surface area contributed by atoms with E-state index in [0.29, 0.717) is 6.42 Å². The van der Waals surface area contributed by atoms with Crippen molar-refractivity contribution in [1.82, 2.24) is 10.2 Å². The standard InChI is InChI=1S/C13H11ClN2O/c14-10-3-1-8(2-4-10)9-5-12-11(7-15-16-12)13(17)6-9/h1-4,7,9H,5-6H2,(H,15,16). The van der Waals surface area contributed by atoms with Crippen LogP contribution < -0.4 is 0 Å². The SMILES string of the molecule is O=C1CC(c2ccc(Cl)cc2)Cc2[nH]ncc21. The molecule has 0 aliphatic heterocycles. The molecule has 1 N–H and O–H groups in total. The lowest BCUT2D eigenvalue weighted by molar-refractivity contribution is 0.0964. The molecule has 1 heterocycles. The third kappa shape index (κ3) is 1.87. The maximum atomic E-state index is 11.9. The predicted molar refractivity (Wildman–Crippen MR) is 65.4 cm³/mol. The molecule has 86 valence electrons. The first-order chi connectivity index (χ1) is 8.24. The van der Waals surface area contributed by atoms with Gasteiger partial charge in [-0.15, -0.1) is 0 Å². The highest BCUT2D eigenvalue weighted by molar-refractivity contribution is 6.30. The van der Waals surface area contributed by atoms with Crippen LogP contribution in [0.2, 0.25) is 5.02 Å². The summed E-state index contributed by atoms with van der Waals surface area (Å²) in [6, 6.07) is 7.71. The molecule has 3 nitrogen and oxygen atoms in total. The van der Waals surface area contributed by atoms with Crippen molar-refractivity contribution >= 4 is 17.4 Å². The van der Waals surface area contributed by atoms with E-state index in [1.54, 1.807) is 6.20 Å². The van der Waals surface area contributed by atoms with Gasteiger partial charge in [0.2, 0.25) is 0 Å². The van der Waals surface area contributed by atoms with Gasteiger partial charge in [-0.05, 0) is 30.0 Å². The molecule has 1 aromatic carbocycles. The molecule has 2 aromatic rings. The number of benzene rings is 1. The van der Waals surface area contributed by atoms with Crippen LogP contribution in [0.15, 0.2) is 30.5 Å². The Morgan fingerprint density at radius 1 is 1.24 bits per heavy atom. The molecule has 1 aliphatic rings. The van der Waals surface area contributed by atoms with E-state index in [0.717, 1.165) is 28.3 Å². The van der Waals surface area contributed by atoms with Gasteiger partial charge in [0.05, 0.1) is 11.8 Å². The van der Waals surface area contributed by atoms with Gasteiger partial charge in [-0.25, -0.2) is 0 Å². The maximum absolute atomic E-state index is 11.9. The van der Waals surface area contributed by atoms with Crippen LogP contribution in [-0.2, 0) is 6.42 Å². The molecule has 0 saturated carbocycles. The van der Waals surface area contributed by atoms with Crippen molar-refractivity contribution in [2.75, 3.05) is 0 Å².